The number of nitrogens with one attached hydrogen (secondary N) is 1. The fraction of sp³-hybridized carbons (Fsp3) is 0.583. The molecule has 5 nitrogen and oxygen atoms in total. The molecule has 0 spiro atoms. The molecule has 0 aromatic rings. The van der Waals surface area contributed by atoms with Gasteiger partial charge in [0, 0.05) is 31.0 Å². The van der Waals surface area contributed by atoms with E-state index in [1.807, 2.05) is 53.1 Å². The molecule has 30 heavy (non-hydrogen) atoms. The first kappa shape index (κ1) is 25.7. The molecule has 1 N–H and O–H groups in total. The van der Waals surface area contributed by atoms with Crippen LogP contribution < -0.4 is 5.32 Å². The van der Waals surface area contributed by atoms with Crippen LogP contribution in [0, 0.1) is 0 Å². The molecule has 0 radical (unpaired) electrons. The van der Waals surface area contributed by atoms with Crippen molar-refractivity contribution in [3.05, 3.63) is 47.1 Å². The Morgan fingerprint density at radius 3 is 2.53 bits per heavy atom. The first-order valence-corrected chi connectivity index (χ1v) is 10.9. The zero-order valence-electron chi connectivity index (χ0n) is 19.8. The SMILES string of the molecule is CC/C=C\C(=C(/C)F)N(/C=C(\C)C1=CCN(C(=O)NC(C)(C)C)CC1)/N=C/CCC. The molecule has 0 unspecified atom stereocenters. The van der Waals surface area contributed by atoms with Crippen molar-refractivity contribution in [2.75, 3.05) is 13.1 Å². The lowest BCUT2D eigenvalue weighted by atomic mass is 10.0. The Balaban J connectivity index is 3.04. The number of carbonyl (C=O) groups excluding carboxylic acids is 1. The van der Waals surface area contributed by atoms with Gasteiger partial charge in [0.25, 0.3) is 0 Å². The van der Waals surface area contributed by atoms with Crippen LogP contribution in [0.2, 0.25) is 0 Å². The summed E-state index contributed by atoms with van der Waals surface area (Å²) in [6.07, 6.45) is 12.9. The minimum atomic E-state index is -0.278. The predicted octanol–water partition coefficient (Wildman–Crippen LogP) is 6.29. The number of rotatable bonds is 8. The molecule has 0 aromatic heterocycles. The Kier molecular flexibility index (Phi) is 10.6. The number of nitrogens with zero attached hydrogens (tertiary/aromatic N) is 3. The second-order valence-corrected chi connectivity index (χ2v) is 8.58. The molecule has 1 aliphatic rings. The molecule has 0 bridgehead atoms. The van der Waals surface area contributed by atoms with Crippen LogP contribution in [-0.2, 0) is 0 Å². The van der Waals surface area contributed by atoms with Crippen LogP contribution in [0.5, 0.6) is 0 Å². The van der Waals surface area contributed by atoms with Gasteiger partial charge in [0.1, 0.15) is 5.83 Å². The minimum absolute atomic E-state index is 0.0480. The fourth-order valence-corrected chi connectivity index (χ4v) is 2.90. The van der Waals surface area contributed by atoms with Crippen molar-refractivity contribution in [2.24, 2.45) is 5.10 Å². The first-order chi connectivity index (χ1) is 14.1. The van der Waals surface area contributed by atoms with Crippen LogP contribution >= 0.6 is 0 Å². The maximum absolute atomic E-state index is 14.2. The van der Waals surface area contributed by atoms with E-state index >= 15 is 0 Å². The number of allylic oxidation sites excluding steroid dienone is 4. The standard InChI is InChI=1S/C24H39FN4O/c1-8-10-12-22(20(4)25)29(26-15-11-9-2)18-19(3)21-13-16-28(17-14-21)23(30)27-24(5,6)7/h10,12-13,15,18H,8-9,11,14,16-17H2,1-7H3,(H,27,30)/b12-10-,19-18+,22-20-,26-15+. The summed E-state index contributed by atoms with van der Waals surface area (Å²) in [5.74, 6) is -0.278. The largest absolute Gasteiger partial charge is 0.333 e. The second-order valence-electron chi connectivity index (χ2n) is 8.58. The summed E-state index contributed by atoms with van der Waals surface area (Å²) in [5.41, 5.74) is 2.35. The first-order valence-electron chi connectivity index (χ1n) is 10.9. The summed E-state index contributed by atoms with van der Waals surface area (Å²) in [4.78, 5) is 14.2. The highest BCUT2D eigenvalue weighted by molar-refractivity contribution is 5.75. The highest BCUT2D eigenvalue weighted by atomic mass is 19.1. The van der Waals surface area contributed by atoms with Crippen molar-refractivity contribution in [2.45, 2.75) is 79.7 Å². The maximum Gasteiger partial charge on any atom is 0.318 e. The number of hydrogen-bond donors (Lipinski definition) is 1. The van der Waals surface area contributed by atoms with Gasteiger partial charge in [-0.2, -0.15) is 5.10 Å². The average Bonchev–Trinajstić information content (AvgIpc) is 2.66. The minimum Gasteiger partial charge on any atom is -0.333 e. The monoisotopic (exact) mass is 418 g/mol. The smallest absolute Gasteiger partial charge is 0.318 e. The number of hydrogen-bond acceptors (Lipinski definition) is 3. The van der Waals surface area contributed by atoms with Crippen molar-refractivity contribution < 1.29 is 9.18 Å². The van der Waals surface area contributed by atoms with E-state index in [9.17, 15) is 9.18 Å². The fourth-order valence-electron chi connectivity index (χ4n) is 2.90. The van der Waals surface area contributed by atoms with Gasteiger partial charge in [-0.25, -0.2) is 14.2 Å². The highest BCUT2D eigenvalue weighted by Crippen LogP contribution is 2.23. The third kappa shape index (κ3) is 8.97. The molecule has 0 atom stereocenters. The Morgan fingerprint density at radius 1 is 1.33 bits per heavy atom. The van der Waals surface area contributed by atoms with E-state index in [0.29, 0.717) is 18.8 Å². The van der Waals surface area contributed by atoms with E-state index in [0.717, 1.165) is 36.8 Å². The summed E-state index contributed by atoms with van der Waals surface area (Å²) in [6, 6.07) is -0.0480. The number of carbonyl (C=O) groups is 1. The molecule has 0 saturated heterocycles. The van der Waals surface area contributed by atoms with Crippen molar-refractivity contribution >= 4 is 12.2 Å². The van der Waals surface area contributed by atoms with Crippen LogP contribution in [0.15, 0.2) is 52.2 Å². The average molecular weight is 419 g/mol. The molecule has 1 heterocycles. The number of unbranched alkanes of at least 4 members (excludes halogenated alkanes) is 1. The number of urea groups is 1. The molecule has 168 valence electrons. The highest BCUT2D eigenvalue weighted by Gasteiger charge is 2.22. The van der Waals surface area contributed by atoms with E-state index < -0.39 is 0 Å². The Bertz CT molecular complexity index is 722. The van der Waals surface area contributed by atoms with Crippen LogP contribution in [0.3, 0.4) is 0 Å². The third-order valence-corrected chi connectivity index (χ3v) is 4.54. The van der Waals surface area contributed by atoms with Crippen LogP contribution in [-0.4, -0.2) is 40.8 Å². The molecule has 6 heteroatoms. The molecule has 2 amide bonds. The molecule has 1 rings (SSSR count). The van der Waals surface area contributed by atoms with E-state index in [1.54, 1.807) is 16.0 Å². The molecule has 0 fully saturated rings. The van der Waals surface area contributed by atoms with Gasteiger partial charge in [-0.15, -0.1) is 0 Å². The van der Waals surface area contributed by atoms with Gasteiger partial charge in [-0.1, -0.05) is 32.4 Å². The van der Waals surface area contributed by atoms with Crippen molar-refractivity contribution in [1.82, 2.24) is 15.2 Å². The molecular formula is C24H39FN4O. The van der Waals surface area contributed by atoms with Crippen molar-refractivity contribution in [3.8, 4) is 0 Å². The Labute approximate surface area is 182 Å². The summed E-state index contributed by atoms with van der Waals surface area (Å²) in [7, 11) is 0. The van der Waals surface area contributed by atoms with E-state index in [1.165, 1.54) is 6.92 Å². The zero-order chi connectivity index (χ0) is 22.7. The van der Waals surface area contributed by atoms with Crippen LogP contribution in [0.1, 0.15) is 74.1 Å². The quantitative estimate of drug-likeness (QED) is 0.286. The normalized spacial score (nSPS) is 16.7. The number of hydrazone groups is 1. The molecule has 1 aliphatic heterocycles. The predicted molar refractivity (Wildman–Crippen MR) is 125 cm³/mol. The van der Waals surface area contributed by atoms with Gasteiger partial charge < -0.3 is 10.2 Å². The Hall–Kier alpha value is -2.37. The lowest BCUT2D eigenvalue weighted by Crippen LogP contribution is -2.49. The topological polar surface area (TPSA) is 47.9 Å². The second kappa shape index (κ2) is 12.4. The van der Waals surface area contributed by atoms with Gasteiger partial charge >= 0.3 is 6.03 Å². The van der Waals surface area contributed by atoms with Gasteiger partial charge in [-0.05, 0) is 71.1 Å². The molecule has 0 saturated carbocycles. The summed E-state index contributed by atoms with van der Waals surface area (Å²) < 4.78 is 14.2. The van der Waals surface area contributed by atoms with E-state index in [2.05, 4.69) is 23.4 Å². The number of halogens is 1. The summed E-state index contributed by atoms with van der Waals surface area (Å²) in [5, 5.41) is 9.11. The van der Waals surface area contributed by atoms with Crippen molar-refractivity contribution in [3.63, 3.8) is 0 Å². The lowest BCUT2D eigenvalue weighted by molar-refractivity contribution is 0.192. The van der Waals surface area contributed by atoms with Gasteiger partial charge in [0.2, 0.25) is 0 Å². The van der Waals surface area contributed by atoms with E-state index in [4.69, 9.17) is 0 Å². The maximum atomic E-state index is 14.2. The van der Waals surface area contributed by atoms with E-state index in [-0.39, 0.29) is 17.4 Å². The van der Waals surface area contributed by atoms with Gasteiger partial charge in [0.15, 0.2) is 0 Å². The molecule has 0 aliphatic carbocycles. The molecule has 0 aromatic carbocycles. The van der Waals surface area contributed by atoms with Gasteiger partial charge in [0.05, 0.1) is 5.70 Å². The lowest BCUT2D eigenvalue weighted by Gasteiger charge is -2.31. The number of amides is 2. The zero-order valence-corrected chi connectivity index (χ0v) is 19.8. The Morgan fingerprint density at radius 2 is 2.03 bits per heavy atom. The van der Waals surface area contributed by atoms with Crippen molar-refractivity contribution in [1.29, 1.82) is 0 Å². The van der Waals surface area contributed by atoms with Crippen LogP contribution in [0.25, 0.3) is 0 Å². The third-order valence-electron chi connectivity index (χ3n) is 4.54. The summed E-state index contributed by atoms with van der Waals surface area (Å²) >= 11 is 0. The molecular weight excluding hydrogens is 379 g/mol. The van der Waals surface area contributed by atoms with Crippen LogP contribution in [0.4, 0.5) is 9.18 Å². The van der Waals surface area contributed by atoms with Gasteiger partial charge in [-0.3, -0.25) is 0 Å². The summed E-state index contributed by atoms with van der Waals surface area (Å²) in [6.45, 7) is 14.7.